The highest BCUT2D eigenvalue weighted by molar-refractivity contribution is 5.97. The lowest BCUT2D eigenvalue weighted by molar-refractivity contribution is 0.0789. The van der Waals surface area contributed by atoms with Crippen molar-refractivity contribution in [2.45, 2.75) is 59.3 Å². The number of aromatic nitrogens is 2. The van der Waals surface area contributed by atoms with Crippen LogP contribution in [0.1, 0.15) is 79.7 Å². The van der Waals surface area contributed by atoms with Crippen LogP contribution in [-0.4, -0.2) is 33.7 Å². The number of aryl methyl sites for hydroxylation is 1. The molecule has 1 aliphatic rings. The standard InChI is InChI=1S/C21H29N3O/c1-14(2)19-18(21(25)23-11-6-7-12-23)20(15(3)4)24(22-19)17-10-8-9-16(5)13-17/h8-10,13-15H,6-7,11-12H2,1-5H3. The molecule has 3 rings (SSSR count). The Kier molecular flexibility index (Phi) is 4.98. The Hall–Kier alpha value is -2.10. The summed E-state index contributed by atoms with van der Waals surface area (Å²) >= 11 is 0. The van der Waals surface area contributed by atoms with Crippen LogP contribution in [0, 0.1) is 6.92 Å². The molecule has 0 saturated carbocycles. The van der Waals surface area contributed by atoms with E-state index >= 15 is 0 Å². The third-order valence-corrected chi connectivity index (χ3v) is 4.90. The molecule has 134 valence electrons. The van der Waals surface area contributed by atoms with Gasteiger partial charge in [-0.1, -0.05) is 39.8 Å². The molecule has 4 nitrogen and oxygen atoms in total. The van der Waals surface area contributed by atoms with E-state index in [1.165, 1.54) is 5.56 Å². The van der Waals surface area contributed by atoms with Crippen molar-refractivity contribution in [1.82, 2.24) is 14.7 Å². The van der Waals surface area contributed by atoms with E-state index in [1.54, 1.807) is 0 Å². The van der Waals surface area contributed by atoms with E-state index in [0.717, 1.165) is 48.6 Å². The van der Waals surface area contributed by atoms with Crippen LogP contribution in [-0.2, 0) is 0 Å². The summed E-state index contributed by atoms with van der Waals surface area (Å²) in [7, 11) is 0. The third kappa shape index (κ3) is 3.35. The predicted molar refractivity (Wildman–Crippen MR) is 102 cm³/mol. The number of hydrogen-bond donors (Lipinski definition) is 0. The molecule has 0 bridgehead atoms. The number of benzene rings is 1. The highest BCUT2D eigenvalue weighted by atomic mass is 16.2. The molecular weight excluding hydrogens is 310 g/mol. The van der Waals surface area contributed by atoms with Gasteiger partial charge in [-0.05, 0) is 49.3 Å². The Morgan fingerprint density at radius 3 is 2.32 bits per heavy atom. The van der Waals surface area contributed by atoms with Crippen LogP contribution >= 0.6 is 0 Å². The van der Waals surface area contributed by atoms with Gasteiger partial charge >= 0.3 is 0 Å². The Morgan fingerprint density at radius 1 is 1.08 bits per heavy atom. The first kappa shape index (κ1) is 17.7. The van der Waals surface area contributed by atoms with Gasteiger partial charge in [0, 0.05) is 13.1 Å². The lowest BCUT2D eigenvalue weighted by atomic mass is 9.97. The van der Waals surface area contributed by atoms with Crippen molar-refractivity contribution in [3.05, 3.63) is 46.8 Å². The average molecular weight is 339 g/mol. The largest absolute Gasteiger partial charge is 0.339 e. The molecule has 0 atom stereocenters. The third-order valence-electron chi connectivity index (χ3n) is 4.90. The monoisotopic (exact) mass is 339 g/mol. The Morgan fingerprint density at radius 2 is 1.76 bits per heavy atom. The number of nitrogens with zero attached hydrogens (tertiary/aromatic N) is 3. The summed E-state index contributed by atoms with van der Waals surface area (Å²) in [5.41, 5.74) is 5.01. The maximum atomic E-state index is 13.3. The Balaban J connectivity index is 2.20. The predicted octanol–water partition coefficient (Wildman–Crippen LogP) is 4.66. The fourth-order valence-electron chi connectivity index (χ4n) is 3.64. The molecule has 2 aromatic rings. The second kappa shape index (κ2) is 7.03. The van der Waals surface area contributed by atoms with E-state index in [2.05, 4.69) is 52.8 Å². The number of likely N-dealkylation sites (tertiary alicyclic amines) is 1. The zero-order chi connectivity index (χ0) is 18.1. The van der Waals surface area contributed by atoms with E-state index in [4.69, 9.17) is 5.10 Å². The van der Waals surface area contributed by atoms with E-state index < -0.39 is 0 Å². The summed E-state index contributed by atoms with van der Waals surface area (Å²) in [6.45, 7) is 12.3. The highest BCUT2D eigenvalue weighted by Gasteiger charge is 2.31. The molecule has 0 spiro atoms. The van der Waals surface area contributed by atoms with Crippen molar-refractivity contribution in [1.29, 1.82) is 0 Å². The van der Waals surface area contributed by atoms with Crippen LogP contribution in [0.5, 0.6) is 0 Å². The topological polar surface area (TPSA) is 38.1 Å². The fourth-order valence-corrected chi connectivity index (χ4v) is 3.64. The zero-order valence-corrected chi connectivity index (χ0v) is 16.0. The van der Waals surface area contributed by atoms with Crippen molar-refractivity contribution in [2.75, 3.05) is 13.1 Å². The second-order valence-corrected chi connectivity index (χ2v) is 7.70. The molecular formula is C21H29N3O. The fraction of sp³-hybridized carbons (Fsp3) is 0.524. The maximum Gasteiger partial charge on any atom is 0.257 e. The minimum absolute atomic E-state index is 0.156. The molecule has 1 fully saturated rings. The minimum atomic E-state index is 0.156. The first-order valence-corrected chi connectivity index (χ1v) is 9.39. The van der Waals surface area contributed by atoms with Gasteiger partial charge in [0.05, 0.1) is 22.6 Å². The summed E-state index contributed by atoms with van der Waals surface area (Å²) in [5, 5.41) is 4.90. The lowest BCUT2D eigenvalue weighted by Gasteiger charge is -2.19. The molecule has 1 aromatic heterocycles. The van der Waals surface area contributed by atoms with Gasteiger partial charge < -0.3 is 4.90 Å². The molecule has 1 amide bonds. The summed E-state index contributed by atoms with van der Waals surface area (Å²) in [4.78, 5) is 15.3. The number of carbonyl (C=O) groups is 1. The van der Waals surface area contributed by atoms with E-state index in [9.17, 15) is 4.79 Å². The van der Waals surface area contributed by atoms with Crippen LogP contribution in [0.25, 0.3) is 5.69 Å². The molecule has 0 aliphatic carbocycles. The van der Waals surface area contributed by atoms with Gasteiger partial charge in [0.25, 0.3) is 5.91 Å². The van der Waals surface area contributed by atoms with Gasteiger partial charge in [-0.25, -0.2) is 4.68 Å². The molecule has 0 radical (unpaired) electrons. The van der Waals surface area contributed by atoms with Gasteiger partial charge in [-0.3, -0.25) is 4.79 Å². The number of carbonyl (C=O) groups excluding carboxylic acids is 1. The summed E-state index contributed by atoms with van der Waals surface area (Å²) in [5.74, 6) is 0.594. The minimum Gasteiger partial charge on any atom is -0.339 e. The first-order chi connectivity index (χ1) is 11.9. The normalized spacial score (nSPS) is 14.8. The average Bonchev–Trinajstić information content (AvgIpc) is 3.22. The Labute approximate surface area is 150 Å². The van der Waals surface area contributed by atoms with Crippen LogP contribution in [0.4, 0.5) is 0 Å². The second-order valence-electron chi connectivity index (χ2n) is 7.70. The van der Waals surface area contributed by atoms with E-state index in [1.807, 2.05) is 15.6 Å². The van der Waals surface area contributed by atoms with Crippen LogP contribution in [0.3, 0.4) is 0 Å². The summed E-state index contributed by atoms with van der Waals surface area (Å²) in [6, 6.07) is 8.34. The van der Waals surface area contributed by atoms with Crippen molar-refractivity contribution in [3.8, 4) is 5.69 Å². The first-order valence-electron chi connectivity index (χ1n) is 9.39. The van der Waals surface area contributed by atoms with Crippen molar-refractivity contribution >= 4 is 5.91 Å². The molecule has 1 aliphatic heterocycles. The highest BCUT2D eigenvalue weighted by Crippen LogP contribution is 2.31. The van der Waals surface area contributed by atoms with Crippen LogP contribution < -0.4 is 0 Å². The summed E-state index contributed by atoms with van der Waals surface area (Å²) in [6.07, 6.45) is 2.21. The lowest BCUT2D eigenvalue weighted by Crippen LogP contribution is -2.29. The summed E-state index contributed by atoms with van der Waals surface area (Å²) < 4.78 is 2.00. The van der Waals surface area contributed by atoms with Crippen LogP contribution in [0.15, 0.2) is 24.3 Å². The van der Waals surface area contributed by atoms with Crippen molar-refractivity contribution in [2.24, 2.45) is 0 Å². The van der Waals surface area contributed by atoms with E-state index in [-0.39, 0.29) is 17.7 Å². The SMILES string of the molecule is Cc1cccc(-n2nc(C(C)C)c(C(=O)N3CCCC3)c2C(C)C)c1. The zero-order valence-electron chi connectivity index (χ0n) is 16.0. The Bertz CT molecular complexity index is 767. The smallest absolute Gasteiger partial charge is 0.257 e. The quantitative estimate of drug-likeness (QED) is 0.812. The number of rotatable bonds is 4. The van der Waals surface area contributed by atoms with Gasteiger partial charge in [0.15, 0.2) is 0 Å². The molecule has 0 unspecified atom stereocenters. The van der Waals surface area contributed by atoms with Gasteiger partial charge in [0.1, 0.15) is 0 Å². The number of amides is 1. The van der Waals surface area contributed by atoms with Crippen LogP contribution in [0.2, 0.25) is 0 Å². The van der Waals surface area contributed by atoms with Gasteiger partial charge in [0.2, 0.25) is 0 Å². The maximum absolute atomic E-state index is 13.3. The van der Waals surface area contributed by atoms with Gasteiger partial charge in [-0.2, -0.15) is 5.10 Å². The number of hydrogen-bond acceptors (Lipinski definition) is 2. The van der Waals surface area contributed by atoms with E-state index in [0.29, 0.717) is 0 Å². The molecule has 1 saturated heterocycles. The van der Waals surface area contributed by atoms with Crippen molar-refractivity contribution in [3.63, 3.8) is 0 Å². The molecule has 4 heteroatoms. The molecule has 0 N–H and O–H groups in total. The van der Waals surface area contributed by atoms with Crippen molar-refractivity contribution < 1.29 is 4.79 Å². The molecule has 2 heterocycles. The molecule has 25 heavy (non-hydrogen) atoms. The molecule has 1 aromatic carbocycles. The van der Waals surface area contributed by atoms with Gasteiger partial charge in [-0.15, -0.1) is 0 Å².